The molecule has 1 fully saturated rings. The molecule has 4 amide bonds. The normalized spacial score (nSPS) is 20.8. The highest BCUT2D eigenvalue weighted by Gasteiger charge is 2.27. The number of hydrogen-bond acceptors (Lipinski definition) is 2. The number of carbonyl (C=O) groups is 2. The molecule has 0 aromatic heterocycles. The van der Waals surface area contributed by atoms with Crippen LogP contribution in [0.5, 0.6) is 0 Å². The summed E-state index contributed by atoms with van der Waals surface area (Å²) in [5, 5.41) is 11.3. The molecule has 0 bridgehead atoms. The first-order chi connectivity index (χ1) is 10.6. The molecule has 22 heavy (non-hydrogen) atoms. The Morgan fingerprint density at radius 3 is 2.27 bits per heavy atom. The highest BCUT2D eigenvalue weighted by atomic mass is 16.2. The molecule has 2 unspecified atom stereocenters. The van der Waals surface area contributed by atoms with Gasteiger partial charge in [-0.25, -0.2) is 9.59 Å². The Balaban J connectivity index is 1.91. The molecular weight excluding hydrogens is 280 g/mol. The highest BCUT2D eigenvalue weighted by molar-refractivity contribution is 5.89. The Hall–Kier alpha value is -2.24. The maximum atomic E-state index is 12.1. The number of amides is 4. The molecule has 1 saturated carbocycles. The summed E-state index contributed by atoms with van der Waals surface area (Å²) >= 11 is 0. The molecule has 6 heteroatoms. The summed E-state index contributed by atoms with van der Waals surface area (Å²) in [6, 6.07) is 7.13. The van der Waals surface area contributed by atoms with Crippen LogP contribution in [-0.4, -0.2) is 31.2 Å². The van der Waals surface area contributed by atoms with Crippen LogP contribution < -0.4 is 21.3 Å². The Labute approximate surface area is 131 Å². The van der Waals surface area contributed by atoms with Gasteiger partial charge in [-0.15, -0.1) is 0 Å². The molecule has 1 aliphatic carbocycles. The van der Waals surface area contributed by atoms with E-state index >= 15 is 0 Å². The summed E-state index contributed by atoms with van der Waals surface area (Å²) in [7, 11) is 1.59. The van der Waals surface area contributed by atoms with Gasteiger partial charge < -0.3 is 21.3 Å². The van der Waals surface area contributed by atoms with Crippen molar-refractivity contribution in [2.24, 2.45) is 0 Å². The van der Waals surface area contributed by atoms with Gasteiger partial charge in [-0.2, -0.15) is 0 Å². The van der Waals surface area contributed by atoms with Crippen LogP contribution in [0.3, 0.4) is 0 Å². The Morgan fingerprint density at radius 1 is 1.05 bits per heavy atom. The van der Waals surface area contributed by atoms with E-state index < -0.39 is 0 Å². The lowest BCUT2D eigenvalue weighted by molar-refractivity contribution is 0.220. The molecule has 0 spiro atoms. The van der Waals surface area contributed by atoms with Crippen molar-refractivity contribution in [3.8, 4) is 0 Å². The van der Waals surface area contributed by atoms with Crippen molar-refractivity contribution >= 4 is 17.7 Å². The quantitative estimate of drug-likeness (QED) is 0.691. The van der Waals surface area contributed by atoms with Gasteiger partial charge in [0.2, 0.25) is 0 Å². The van der Waals surface area contributed by atoms with Crippen molar-refractivity contribution in [1.82, 2.24) is 16.0 Å². The standard InChI is InChI=1S/C16H24N4O2/c1-11-6-5-7-12(10-11)18-16(22)20-14-9-4-3-8-13(14)19-15(21)17-2/h5-7,10,13-14H,3-4,8-9H2,1-2H3,(H2,17,19,21)(H2,18,20,22). The minimum absolute atomic E-state index is 0.0306. The van der Waals surface area contributed by atoms with E-state index in [0.29, 0.717) is 0 Å². The van der Waals surface area contributed by atoms with Gasteiger partial charge in [0, 0.05) is 12.7 Å². The summed E-state index contributed by atoms with van der Waals surface area (Å²) in [5.41, 5.74) is 1.86. The van der Waals surface area contributed by atoms with E-state index in [1.165, 1.54) is 0 Å². The van der Waals surface area contributed by atoms with Crippen molar-refractivity contribution in [1.29, 1.82) is 0 Å². The largest absolute Gasteiger partial charge is 0.341 e. The number of benzene rings is 1. The lowest BCUT2D eigenvalue weighted by atomic mass is 9.90. The molecule has 2 atom stereocenters. The van der Waals surface area contributed by atoms with Crippen LogP contribution in [0.2, 0.25) is 0 Å². The van der Waals surface area contributed by atoms with Crippen molar-refractivity contribution in [2.75, 3.05) is 12.4 Å². The highest BCUT2D eigenvalue weighted by Crippen LogP contribution is 2.19. The topological polar surface area (TPSA) is 82.3 Å². The molecule has 1 aromatic carbocycles. The van der Waals surface area contributed by atoms with Crippen molar-refractivity contribution < 1.29 is 9.59 Å². The smallest absolute Gasteiger partial charge is 0.319 e. The van der Waals surface area contributed by atoms with Crippen LogP contribution in [-0.2, 0) is 0 Å². The molecule has 120 valence electrons. The van der Waals surface area contributed by atoms with E-state index in [9.17, 15) is 9.59 Å². The van der Waals surface area contributed by atoms with Crippen LogP contribution >= 0.6 is 0 Å². The van der Waals surface area contributed by atoms with Gasteiger partial charge in [0.15, 0.2) is 0 Å². The summed E-state index contributed by atoms with van der Waals surface area (Å²) in [5.74, 6) is 0. The minimum atomic E-state index is -0.235. The lowest BCUT2D eigenvalue weighted by Gasteiger charge is -2.32. The lowest BCUT2D eigenvalue weighted by Crippen LogP contribution is -2.55. The van der Waals surface area contributed by atoms with E-state index in [1.807, 2.05) is 31.2 Å². The van der Waals surface area contributed by atoms with Gasteiger partial charge in [-0.3, -0.25) is 0 Å². The molecule has 1 aromatic rings. The number of hydrogen-bond donors (Lipinski definition) is 4. The fraction of sp³-hybridized carbons (Fsp3) is 0.500. The third-order valence-electron chi connectivity index (χ3n) is 3.90. The second kappa shape index (κ2) is 7.68. The van der Waals surface area contributed by atoms with Gasteiger partial charge in [0.1, 0.15) is 0 Å². The van der Waals surface area contributed by atoms with Gasteiger partial charge in [0.05, 0.1) is 12.1 Å². The fourth-order valence-electron chi connectivity index (χ4n) is 2.78. The molecule has 4 N–H and O–H groups in total. The average Bonchev–Trinajstić information content (AvgIpc) is 2.49. The number of carbonyl (C=O) groups excluding carboxylic acids is 2. The molecule has 0 saturated heterocycles. The van der Waals surface area contributed by atoms with Gasteiger partial charge in [0.25, 0.3) is 0 Å². The van der Waals surface area contributed by atoms with Gasteiger partial charge >= 0.3 is 12.1 Å². The molecule has 6 nitrogen and oxygen atoms in total. The third-order valence-corrected chi connectivity index (χ3v) is 3.90. The van der Waals surface area contributed by atoms with E-state index in [2.05, 4.69) is 21.3 Å². The first-order valence-corrected chi connectivity index (χ1v) is 7.71. The van der Waals surface area contributed by atoms with Gasteiger partial charge in [-0.05, 0) is 37.5 Å². The molecule has 2 rings (SSSR count). The van der Waals surface area contributed by atoms with Gasteiger partial charge in [-0.1, -0.05) is 25.0 Å². The second-order valence-electron chi connectivity index (χ2n) is 5.69. The molecule has 0 radical (unpaired) electrons. The minimum Gasteiger partial charge on any atom is -0.341 e. The predicted molar refractivity (Wildman–Crippen MR) is 87.0 cm³/mol. The molecular formula is C16H24N4O2. The summed E-state index contributed by atoms with van der Waals surface area (Å²) in [6.45, 7) is 1.98. The SMILES string of the molecule is CNC(=O)NC1CCCCC1NC(=O)Nc1cccc(C)c1. The summed E-state index contributed by atoms with van der Waals surface area (Å²) in [6.07, 6.45) is 3.87. The molecule has 0 aliphatic heterocycles. The molecule has 1 aliphatic rings. The van der Waals surface area contributed by atoms with E-state index in [-0.39, 0.29) is 24.1 Å². The summed E-state index contributed by atoms with van der Waals surface area (Å²) < 4.78 is 0. The van der Waals surface area contributed by atoms with Crippen molar-refractivity contribution in [3.05, 3.63) is 29.8 Å². The number of anilines is 1. The van der Waals surface area contributed by atoms with E-state index in [1.54, 1.807) is 7.05 Å². The fourth-order valence-corrected chi connectivity index (χ4v) is 2.78. The maximum Gasteiger partial charge on any atom is 0.319 e. The number of nitrogens with one attached hydrogen (secondary N) is 4. The second-order valence-corrected chi connectivity index (χ2v) is 5.69. The van der Waals surface area contributed by atoms with Crippen LogP contribution in [0, 0.1) is 6.92 Å². The average molecular weight is 304 g/mol. The Morgan fingerprint density at radius 2 is 1.68 bits per heavy atom. The van der Waals surface area contributed by atoms with Crippen LogP contribution in [0.4, 0.5) is 15.3 Å². The zero-order valence-corrected chi connectivity index (χ0v) is 13.1. The predicted octanol–water partition coefficient (Wildman–Crippen LogP) is 2.36. The first kappa shape index (κ1) is 16.1. The maximum absolute atomic E-state index is 12.1. The number of aryl methyl sites for hydroxylation is 1. The van der Waals surface area contributed by atoms with Crippen LogP contribution in [0.25, 0.3) is 0 Å². The van der Waals surface area contributed by atoms with Crippen LogP contribution in [0.1, 0.15) is 31.2 Å². The van der Waals surface area contributed by atoms with Crippen LogP contribution in [0.15, 0.2) is 24.3 Å². The number of urea groups is 2. The first-order valence-electron chi connectivity index (χ1n) is 7.71. The zero-order chi connectivity index (χ0) is 15.9. The summed E-state index contributed by atoms with van der Waals surface area (Å²) in [4.78, 5) is 23.6. The Bertz CT molecular complexity index is 533. The zero-order valence-electron chi connectivity index (χ0n) is 13.1. The molecule has 0 heterocycles. The van der Waals surface area contributed by atoms with E-state index in [4.69, 9.17) is 0 Å². The third kappa shape index (κ3) is 4.65. The Kier molecular flexibility index (Phi) is 5.63. The van der Waals surface area contributed by atoms with E-state index in [0.717, 1.165) is 36.9 Å². The van der Waals surface area contributed by atoms with Crippen molar-refractivity contribution in [2.45, 2.75) is 44.7 Å². The van der Waals surface area contributed by atoms with Crippen molar-refractivity contribution in [3.63, 3.8) is 0 Å². The monoisotopic (exact) mass is 304 g/mol. The number of rotatable bonds is 3.